The molecular weight excluding hydrogens is 278 g/mol. The molecule has 0 aromatic carbocycles. The molecule has 0 saturated carbocycles. The van der Waals surface area contributed by atoms with Crippen molar-refractivity contribution < 1.29 is 4.92 Å². The number of aromatic nitrogens is 2. The van der Waals surface area contributed by atoms with Gasteiger partial charge in [-0.15, -0.1) is 0 Å². The lowest BCUT2D eigenvalue weighted by Gasteiger charge is -2.12. The van der Waals surface area contributed by atoms with Crippen LogP contribution in [0.5, 0.6) is 0 Å². The Kier molecular flexibility index (Phi) is 4.99. The number of nitrogens with zero attached hydrogens (tertiary/aromatic N) is 3. The van der Waals surface area contributed by atoms with E-state index in [4.69, 9.17) is 0 Å². The zero-order valence-electron chi connectivity index (χ0n) is 11.7. The summed E-state index contributed by atoms with van der Waals surface area (Å²) in [7, 11) is 0. The number of nitrogens with one attached hydrogen (secondary N) is 2. The van der Waals surface area contributed by atoms with Crippen LogP contribution in [0, 0.1) is 23.0 Å². The molecule has 1 aromatic heterocycles. The standard InChI is InChI=1S/C12H19N5O2S/c1-3-13-12-15-8(2)10(17(18)19)11(16-12)14-6-9-4-5-20-7-9/h9H,3-7H2,1-2H3,(H2,13,14,15,16). The molecule has 1 atom stereocenters. The van der Waals surface area contributed by atoms with Crippen molar-refractivity contribution in [2.24, 2.45) is 5.92 Å². The SMILES string of the molecule is CCNc1nc(C)c([N+](=O)[O-])c(NCC2CCSC2)n1. The van der Waals surface area contributed by atoms with Gasteiger partial charge in [-0.2, -0.15) is 16.7 Å². The van der Waals surface area contributed by atoms with E-state index in [0.717, 1.165) is 18.7 Å². The molecule has 110 valence electrons. The molecule has 1 aromatic rings. The molecule has 8 heteroatoms. The first kappa shape index (κ1) is 14.8. The van der Waals surface area contributed by atoms with E-state index in [9.17, 15) is 10.1 Å². The molecule has 1 aliphatic heterocycles. The molecule has 0 spiro atoms. The fourth-order valence-electron chi connectivity index (χ4n) is 2.13. The van der Waals surface area contributed by atoms with Crippen LogP contribution in [-0.4, -0.2) is 39.5 Å². The van der Waals surface area contributed by atoms with Gasteiger partial charge < -0.3 is 10.6 Å². The van der Waals surface area contributed by atoms with Crippen LogP contribution in [0.1, 0.15) is 19.0 Å². The molecule has 2 heterocycles. The van der Waals surface area contributed by atoms with E-state index in [1.54, 1.807) is 6.92 Å². The van der Waals surface area contributed by atoms with Gasteiger partial charge in [-0.05, 0) is 37.7 Å². The molecular formula is C12H19N5O2S. The van der Waals surface area contributed by atoms with Crippen LogP contribution in [0.25, 0.3) is 0 Å². The minimum Gasteiger partial charge on any atom is -0.364 e. The Bertz CT molecular complexity index is 491. The average Bonchev–Trinajstić information content (AvgIpc) is 2.88. The molecule has 1 saturated heterocycles. The van der Waals surface area contributed by atoms with Crippen LogP contribution < -0.4 is 10.6 Å². The van der Waals surface area contributed by atoms with Crippen molar-refractivity contribution in [3.63, 3.8) is 0 Å². The van der Waals surface area contributed by atoms with E-state index in [-0.39, 0.29) is 5.69 Å². The topological polar surface area (TPSA) is 93.0 Å². The van der Waals surface area contributed by atoms with Crippen LogP contribution in [-0.2, 0) is 0 Å². The summed E-state index contributed by atoms with van der Waals surface area (Å²) in [5, 5.41) is 17.3. The highest BCUT2D eigenvalue weighted by Crippen LogP contribution is 2.28. The van der Waals surface area contributed by atoms with E-state index >= 15 is 0 Å². The first-order valence-corrected chi connectivity index (χ1v) is 7.85. The Labute approximate surface area is 122 Å². The molecule has 2 N–H and O–H groups in total. The minimum absolute atomic E-state index is 0.0303. The molecule has 2 rings (SSSR count). The van der Waals surface area contributed by atoms with E-state index in [1.165, 1.54) is 5.75 Å². The predicted octanol–water partition coefficient (Wildman–Crippen LogP) is 2.29. The van der Waals surface area contributed by atoms with Gasteiger partial charge in [0.1, 0.15) is 5.69 Å². The Morgan fingerprint density at radius 3 is 2.85 bits per heavy atom. The van der Waals surface area contributed by atoms with Gasteiger partial charge >= 0.3 is 5.69 Å². The quantitative estimate of drug-likeness (QED) is 0.614. The van der Waals surface area contributed by atoms with Crippen molar-refractivity contribution in [3.8, 4) is 0 Å². The maximum absolute atomic E-state index is 11.2. The largest absolute Gasteiger partial charge is 0.364 e. The summed E-state index contributed by atoms with van der Waals surface area (Å²) in [6.07, 6.45) is 1.15. The lowest BCUT2D eigenvalue weighted by Crippen LogP contribution is -2.17. The molecule has 0 amide bonds. The maximum atomic E-state index is 11.2. The zero-order chi connectivity index (χ0) is 14.5. The first-order valence-electron chi connectivity index (χ1n) is 6.70. The van der Waals surface area contributed by atoms with E-state index in [2.05, 4.69) is 20.6 Å². The van der Waals surface area contributed by atoms with E-state index < -0.39 is 4.92 Å². The third-order valence-electron chi connectivity index (χ3n) is 3.16. The van der Waals surface area contributed by atoms with Gasteiger partial charge in [0, 0.05) is 13.1 Å². The molecule has 0 bridgehead atoms. The molecule has 1 unspecified atom stereocenters. The van der Waals surface area contributed by atoms with Gasteiger partial charge in [-0.3, -0.25) is 10.1 Å². The third kappa shape index (κ3) is 3.50. The summed E-state index contributed by atoms with van der Waals surface area (Å²) in [5.41, 5.74) is 0.349. The summed E-state index contributed by atoms with van der Waals surface area (Å²) in [4.78, 5) is 19.1. The third-order valence-corrected chi connectivity index (χ3v) is 4.39. The van der Waals surface area contributed by atoms with Gasteiger partial charge in [0.15, 0.2) is 0 Å². The monoisotopic (exact) mass is 297 g/mol. The lowest BCUT2D eigenvalue weighted by molar-refractivity contribution is -0.385. The van der Waals surface area contributed by atoms with Gasteiger partial charge in [-0.1, -0.05) is 0 Å². The Morgan fingerprint density at radius 1 is 1.45 bits per heavy atom. The highest BCUT2D eigenvalue weighted by molar-refractivity contribution is 7.99. The molecule has 20 heavy (non-hydrogen) atoms. The first-order chi connectivity index (χ1) is 9.61. The van der Waals surface area contributed by atoms with Crippen molar-refractivity contribution in [2.45, 2.75) is 20.3 Å². The molecule has 0 radical (unpaired) electrons. The zero-order valence-corrected chi connectivity index (χ0v) is 12.5. The normalized spacial score (nSPS) is 18.0. The van der Waals surface area contributed by atoms with Crippen molar-refractivity contribution in [2.75, 3.05) is 35.2 Å². The Balaban J connectivity index is 2.19. The second-order valence-corrected chi connectivity index (χ2v) is 5.88. The number of hydrogen-bond donors (Lipinski definition) is 2. The van der Waals surface area contributed by atoms with Crippen LogP contribution in [0.15, 0.2) is 0 Å². The number of anilines is 2. The van der Waals surface area contributed by atoms with Crippen LogP contribution in [0.2, 0.25) is 0 Å². The number of hydrogen-bond acceptors (Lipinski definition) is 7. The molecule has 0 aliphatic carbocycles. The fraction of sp³-hybridized carbons (Fsp3) is 0.667. The lowest BCUT2D eigenvalue weighted by atomic mass is 10.1. The highest BCUT2D eigenvalue weighted by atomic mass is 32.2. The predicted molar refractivity (Wildman–Crippen MR) is 81.5 cm³/mol. The second kappa shape index (κ2) is 6.74. The van der Waals surface area contributed by atoms with E-state index in [1.807, 2.05) is 18.7 Å². The highest BCUT2D eigenvalue weighted by Gasteiger charge is 2.23. The number of thioether (sulfide) groups is 1. The van der Waals surface area contributed by atoms with Gasteiger partial charge in [0.25, 0.3) is 0 Å². The van der Waals surface area contributed by atoms with Crippen molar-refractivity contribution in [1.29, 1.82) is 0 Å². The van der Waals surface area contributed by atoms with Gasteiger partial charge in [0.05, 0.1) is 4.92 Å². The van der Waals surface area contributed by atoms with Crippen molar-refractivity contribution in [3.05, 3.63) is 15.8 Å². The summed E-state index contributed by atoms with van der Waals surface area (Å²) in [5.74, 6) is 3.57. The summed E-state index contributed by atoms with van der Waals surface area (Å²) >= 11 is 1.92. The summed E-state index contributed by atoms with van der Waals surface area (Å²) < 4.78 is 0. The van der Waals surface area contributed by atoms with Crippen molar-refractivity contribution in [1.82, 2.24) is 9.97 Å². The van der Waals surface area contributed by atoms with Gasteiger partial charge in [-0.25, -0.2) is 4.98 Å². The van der Waals surface area contributed by atoms with Crippen molar-refractivity contribution >= 4 is 29.2 Å². The molecule has 1 fully saturated rings. The maximum Gasteiger partial charge on any atom is 0.332 e. The second-order valence-electron chi connectivity index (χ2n) is 4.73. The summed E-state index contributed by atoms with van der Waals surface area (Å²) in [6.45, 7) is 4.96. The van der Waals surface area contributed by atoms with Crippen LogP contribution in [0.3, 0.4) is 0 Å². The number of rotatable bonds is 6. The molecule has 1 aliphatic rings. The van der Waals surface area contributed by atoms with Gasteiger partial charge in [0.2, 0.25) is 11.8 Å². The smallest absolute Gasteiger partial charge is 0.332 e. The number of aryl methyl sites for hydroxylation is 1. The summed E-state index contributed by atoms with van der Waals surface area (Å²) in [6, 6.07) is 0. The van der Waals surface area contributed by atoms with Crippen LogP contribution >= 0.6 is 11.8 Å². The Morgan fingerprint density at radius 2 is 2.25 bits per heavy atom. The number of nitro groups is 1. The van der Waals surface area contributed by atoms with E-state index in [0.29, 0.717) is 29.9 Å². The fourth-order valence-corrected chi connectivity index (χ4v) is 3.42. The molecule has 7 nitrogen and oxygen atoms in total. The minimum atomic E-state index is -0.420. The Hall–Kier alpha value is -1.57. The average molecular weight is 297 g/mol. The van der Waals surface area contributed by atoms with Crippen LogP contribution in [0.4, 0.5) is 17.5 Å².